The van der Waals surface area contributed by atoms with Gasteiger partial charge >= 0.3 is 0 Å². The van der Waals surface area contributed by atoms with E-state index < -0.39 is 0 Å². The molecule has 22 heavy (non-hydrogen) atoms. The van der Waals surface area contributed by atoms with Crippen molar-refractivity contribution in [2.24, 2.45) is 0 Å². The molecule has 0 bridgehead atoms. The summed E-state index contributed by atoms with van der Waals surface area (Å²) in [4.78, 5) is 0. The third kappa shape index (κ3) is 2.32. The zero-order chi connectivity index (χ0) is 14.8. The Labute approximate surface area is 132 Å². The summed E-state index contributed by atoms with van der Waals surface area (Å²) in [7, 11) is 1.32. The zero-order valence-electron chi connectivity index (χ0n) is 12.1. The van der Waals surface area contributed by atoms with Gasteiger partial charge in [0.1, 0.15) is 0 Å². The second kappa shape index (κ2) is 5.75. The van der Waals surface area contributed by atoms with E-state index >= 15 is 0 Å². The lowest BCUT2D eigenvalue weighted by atomic mass is 9.94. The number of benzene rings is 3. The first kappa shape index (κ1) is 13.2. The van der Waals surface area contributed by atoms with Crippen LogP contribution >= 0.6 is 8.20 Å². The van der Waals surface area contributed by atoms with Gasteiger partial charge in [-0.05, 0) is 16.7 Å². The summed E-state index contributed by atoms with van der Waals surface area (Å²) in [5.74, 6) is 0. The van der Waals surface area contributed by atoms with Crippen molar-refractivity contribution >= 4 is 24.4 Å². The number of hydrogen-bond donors (Lipinski definition) is 0. The molecule has 3 aromatic rings. The van der Waals surface area contributed by atoms with Crippen LogP contribution in [0.1, 0.15) is 16.7 Å². The monoisotopic (exact) mass is 298 g/mol. The predicted molar refractivity (Wildman–Crippen MR) is 97.2 cm³/mol. The lowest BCUT2D eigenvalue weighted by Gasteiger charge is -2.25. The van der Waals surface area contributed by atoms with Crippen molar-refractivity contribution in [3.05, 3.63) is 108 Å². The molecule has 0 aliphatic carbocycles. The van der Waals surface area contributed by atoms with Crippen LogP contribution in [0.2, 0.25) is 0 Å². The van der Waals surface area contributed by atoms with Gasteiger partial charge in [0, 0.05) is 16.2 Å². The van der Waals surface area contributed by atoms with Gasteiger partial charge in [0.05, 0.1) is 0 Å². The van der Waals surface area contributed by atoms with Crippen LogP contribution in [0.4, 0.5) is 0 Å². The van der Waals surface area contributed by atoms with Crippen LogP contribution in [0.3, 0.4) is 0 Å². The Bertz CT molecular complexity index is 844. The molecule has 0 aromatic heterocycles. The highest BCUT2D eigenvalue weighted by Crippen LogP contribution is 2.48. The minimum absolute atomic E-state index is 1.30. The maximum atomic E-state index is 2.20. The molecule has 0 saturated heterocycles. The largest absolute Gasteiger partial charge is 0.0622 e. The van der Waals surface area contributed by atoms with Gasteiger partial charge in [-0.2, -0.15) is 0 Å². The standard InChI is InChI=1S/C21H15P/c1-4-10-16(11-5-1)19-20(17-12-6-2-7-13-17)22-21(19)18-14-8-3-9-15-18/h1-15H. The van der Waals surface area contributed by atoms with Gasteiger partial charge in [-0.25, -0.2) is 0 Å². The van der Waals surface area contributed by atoms with E-state index in [0.717, 1.165) is 0 Å². The van der Waals surface area contributed by atoms with Crippen molar-refractivity contribution in [1.29, 1.82) is 0 Å². The van der Waals surface area contributed by atoms with Crippen molar-refractivity contribution in [2.45, 2.75) is 0 Å². The van der Waals surface area contributed by atoms with E-state index in [1.807, 2.05) is 0 Å². The lowest BCUT2D eigenvalue weighted by Crippen LogP contribution is -2.10. The molecule has 1 aliphatic heterocycles. The third-order valence-electron chi connectivity index (χ3n) is 3.85. The predicted octanol–water partition coefficient (Wildman–Crippen LogP) is 5.74. The van der Waals surface area contributed by atoms with Crippen molar-refractivity contribution in [3.63, 3.8) is 0 Å². The van der Waals surface area contributed by atoms with Gasteiger partial charge in [-0.1, -0.05) is 99.2 Å². The van der Waals surface area contributed by atoms with E-state index in [-0.39, 0.29) is 0 Å². The number of hydrogen-bond acceptors (Lipinski definition) is 0. The molecular formula is C21H15P. The van der Waals surface area contributed by atoms with E-state index in [1.54, 1.807) is 0 Å². The fourth-order valence-corrected chi connectivity index (χ4v) is 4.09. The summed E-state index contributed by atoms with van der Waals surface area (Å²) in [6, 6.07) is 32.1. The highest BCUT2D eigenvalue weighted by Gasteiger charge is 2.24. The molecule has 0 saturated carbocycles. The molecule has 1 heterocycles. The molecule has 0 radical (unpaired) electrons. The molecule has 0 fully saturated rings. The smallest absolute Gasteiger partial charge is 0.0185 e. The lowest BCUT2D eigenvalue weighted by molar-refractivity contribution is 1.60. The molecule has 0 spiro atoms. The highest BCUT2D eigenvalue weighted by molar-refractivity contribution is 7.59. The number of rotatable bonds is 3. The van der Waals surface area contributed by atoms with Crippen LogP contribution in [0, 0.1) is 0 Å². The summed E-state index contributed by atoms with van der Waals surface area (Å²) >= 11 is 0. The van der Waals surface area contributed by atoms with Crippen molar-refractivity contribution < 1.29 is 0 Å². The maximum absolute atomic E-state index is 2.20. The molecular weight excluding hydrogens is 283 g/mol. The molecule has 0 atom stereocenters. The first-order valence-electron chi connectivity index (χ1n) is 7.43. The highest BCUT2D eigenvalue weighted by atomic mass is 31.1. The molecule has 1 aliphatic rings. The quantitative estimate of drug-likeness (QED) is 0.541. The summed E-state index contributed by atoms with van der Waals surface area (Å²) in [5.41, 5.74) is 5.34. The van der Waals surface area contributed by atoms with Crippen LogP contribution in [-0.4, -0.2) is 5.29 Å². The summed E-state index contributed by atoms with van der Waals surface area (Å²) in [6.45, 7) is 0. The van der Waals surface area contributed by atoms with Gasteiger partial charge in [-0.15, -0.1) is 0 Å². The minimum Gasteiger partial charge on any atom is -0.0622 e. The first-order chi connectivity index (χ1) is 10.9. The molecule has 4 rings (SSSR count). The molecule has 1 heteroatoms. The minimum atomic E-state index is 1.30. The summed E-state index contributed by atoms with van der Waals surface area (Å²) in [6.07, 6.45) is 0. The summed E-state index contributed by atoms with van der Waals surface area (Å²) < 4.78 is 0. The van der Waals surface area contributed by atoms with Gasteiger partial charge in [0.2, 0.25) is 0 Å². The molecule has 104 valence electrons. The Hall–Kier alpha value is -2.43. The van der Waals surface area contributed by atoms with Gasteiger partial charge in [-0.3, -0.25) is 0 Å². The molecule has 0 amide bonds. The van der Waals surface area contributed by atoms with E-state index in [0.29, 0.717) is 0 Å². The Morgan fingerprint density at radius 3 is 1.45 bits per heavy atom. The molecule has 3 aromatic carbocycles. The first-order valence-corrected chi connectivity index (χ1v) is 8.32. The Morgan fingerprint density at radius 1 is 0.455 bits per heavy atom. The average molecular weight is 298 g/mol. The van der Waals surface area contributed by atoms with Crippen LogP contribution < -0.4 is 0 Å². The third-order valence-corrected chi connectivity index (χ3v) is 5.26. The van der Waals surface area contributed by atoms with E-state index in [1.165, 1.54) is 41.1 Å². The van der Waals surface area contributed by atoms with Gasteiger partial charge in [0.15, 0.2) is 0 Å². The fourth-order valence-electron chi connectivity index (χ4n) is 2.77. The van der Waals surface area contributed by atoms with Crippen molar-refractivity contribution in [2.75, 3.05) is 0 Å². The molecule has 0 N–H and O–H groups in total. The second-order valence-corrected chi connectivity index (χ2v) is 6.40. The van der Waals surface area contributed by atoms with Crippen LogP contribution in [0.25, 0.3) is 10.9 Å². The SMILES string of the molecule is c1ccc(C2=PC(c3ccccc3)=C2c2ccccc2)cc1. The van der Waals surface area contributed by atoms with Crippen molar-refractivity contribution in [3.8, 4) is 0 Å². The fraction of sp³-hybridized carbons (Fsp3) is 0. The van der Waals surface area contributed by atoms with Crippen LogP contribution in [0.15, 0.2) is 91.0 Å². The van der Waals surface area contributed by atoms with E-state index in [2.05, 4.69) is 91.0 Å². The van der Waals surface area contributed by atoms with E-state index in [9.17, 15) is 0 Å². The van der Waals surface area contributed by atoms with E-state index in [4.69, 9.17) is 0 Å². The number of allylic oxidation sites excluding steroid dienone is 1. The van der Waals surface area contributed by atoms with Gasteiger partial charge < -0.3 is 0 Å². The molecule has 0 nitrogen and oxygen atoms in total. The maximum Gasteiger partial charge on any atom is 0.0185 e. The summed E-state index contributed by atoms with van der Waals surface area (Å²) in [5, 5.41) is 2.84. The Balaban J connectivity index is 1.84. The average Bonchev–Trinajstić information content (AvgIpc) is 2.57. The normalized spacial score (nSPS) is 14.3. The van der Waals surface area contributed by atoms with Crippen LogP contribution in [0.5, 0.6) is 0 Å². The Kier molecular flexibility index (Phi) is 3.46. The molecule has 0 unspecified atom stereocenters. The second-order valence-electron chi connectivity index (χ2n) is 5.28. The Morgan fingerprint density at radius 2 is 0.909 bits per heavy atom. The topological polar surface area (TPSA) is 0 Å². The van der Waals surface area contributed by atoms with Crippen LogP contribution in [-0.2, 0) is 0 Å². The van der Waals surface area contributed by atoms with Crippen molar-refractivity contribution in [1.82, 2.24) is 0 Å². The zero-order valence-corrected chi connectivity index (χ0v) is 13.0. The van der Waals surface area contributed by atoms with Gasteiger partial charge in [0.25, 0.3) is 0 Å².